The van der Waals surface area contributed by atoms with Crippen LogP contribution in [0.3, 0.4) is 0 Å². The fourth-order valence-electron chi connectivity index (χ4n) is 1.81. The Hall–Kier alpha value is 0.200. The molecule has 0 aromatic rings. The first kappa shape index (κ1) is 12.3. The van der Waals surface area contributed by atoms with Gasteiger partial charge in [-0.1, -0.05) is 6.92 Å². The number of nitrogens with zero attached hydrogens (tertiary/aromatic N) is 1. The second-order valence-corrected chi connectivity index (χ2v) is 6.79. The lowest BCUT2D eigenvalue weighted by Crippen LogP contribution is -2.36. The summed E-state index contributed by atoms with van der Waals surface area (Å²) in [5.74, 6) is 1.71. The normalized spacial score (nSPS) is 28.1. The second-order valence-electron chi connectivity index (χ2n) is 4.26. The lowest BCUT2D eigenvalue weighted by atomic mass is 10.1. The van der Waals surface area contributed by atoms with Gasteiger partial charge in [0.1, 0.15) is 0 Å². The first-order chi connectivity index (χ1) is 6.44. The van der Waals surface area contributed by atoms with Crippen molar-refractivity contribution in [2.75, 3.05) is 31.0 Å². The van der Waals surface area contributed by atoms with Gasteiger partial charge in [-0.25, -0.2) is 8.42 Å². The summed E-state index contributed by atoms with van der Waals surface area (Å²) in [7, 11) is -0.777. The third kappa shape index (κ3) is 3.41. The van der Waals surface area contributed by atoms with Crippen molar-refractivity contribution in [3.63, 3.8) is 0 Å². The molecule has 0 aromatic carbocycles. The van der Waals surface area contributed by atoms with Crippen LogP contribution in [0.5, 0.6) is 0 Å². The van der Waals surface area contributed by atoms with Gasteiger partial charge in [0.15, 0.2) is 9.84 Å². The molecular formula is C9H18ClNO2S. The molecule has 1 heterocycles. The van der Waals surface area contributed by atoms with Crippen LogP contribution in [0, 0.1) is 5.92 Å². The van der Waals surface area contributed by atoms with E-state index in [4.69, 9.17) is 11.6 Å². The zero-order chi connectivity index (χ0) is 10.8. The molecule has 2 unspecified atom stereocenters. The first-order valence-electron chi connectivity index (χ1n) is 4.91. The minimum absolute atomic E-state index is 0.200. The van der Waals surface area contributed by atoms with Gasteiger partial charge >= 0.3 is 0 Å². The van der Waals surface area contributed by atoms with E-state index in [2.05, 4.69) is 11.8 Å². The van der Waals surface area contributed by atoms with E-state index < -0.39 is 9.84 Å². The smallest absolute Gasteiger partial charge is 0.151 e. The number of hydrogen-bond donors (Lipinski definition) is 0. The van der Waals surface area contributed by atoms with Crippen LogP contribution in [0.4, 0.5) is 0 Å². The second kappa shape index (κ2) is 4.81. The van der Waals surface area contributed by atoms with Gasteiger partial charge in [0.2, 0.25) is 0 Å². The van der Waals surface area contributed by atoms with Gasteiger partial charge in [-0.05, 0) is 19.4 Å². The Bertz CT molecular complexity index is 279. The van der Waals surface area contributed by atoms with E-state index in [1.54, 1.807) is 0 Å². The molecule has 0 saturated carbocycles. The monoisotopic (exact) mass is 239 g/mol. The maximum absolute atomic E-state index is 11.2. The summed E-state index contributed by atoms with van der Waals surface area (Å²) in [6, 6.07) is 0.200. The summed E-state index contributed by atoms with van der Waals surface area (Å²) in [6.45, 7) is 2.95. The number of hydrogen-bond acceptors (Lipinski definition) is 3. The van der Waals surface area contributed by atoms with Crippen molar-refractivity contribution in [1.29, 1.82) is 0 Å². The Labute approximate surface area is 91.3 Å². The van der Waals surface area contributed by atoms with E-state index in [-0.39, 0.29) is 6.04 Å². The number of halogens is 1. The molecule has 0 aliphatic carbocycles. The highest BCUT2D eigenvalue weighted by Crippen LogP contribution is 2.17. The van der Waals surface area contributed by atoms with Gasteiger partial charge in [0.25, 0.3) is 0 Å². The largest absolute Gasteiger partial charge is 0.302 e. The van der Waals surface area contributed by atoms with Crippen LogP contribution in [0.2, 0.25) is 0 Å². The van der Waals surface area contributed by atoms with E-state index >= 15 is 0 Å². The van der Waals surface area contributed by atoms with Crippen molar-refractivity contribution < 1.29 is 8.42 Å². The molecule has 3 nitrogen and oxygen atoms in total. The standard InChI is InChI=1S/C9H18ClNO2S/c1-8(5-10)6-11(2)9-3-4-14(12,13)7-9/h8-9H,3-7H2,1-2H3. The van der Waals surface area contributed by atoms with Gasteiger partial charge in [-0.3, -0.25) is 0 Å². The fourth-order valence-corrected chi connectivity index (χ4v) is 3.72. The van der Waals surface area contributed by atoms with Crippen LogP contribution < -0.4 is 0 Å². The summed E-state index contributed by atoms with van der Waals surface area (Å²) in [4.78, 5) is 2.12. The molecule has 0 N–H and O–H groups in total. The molecule has 1 saturated heterocycles. The number of alkyl halides is 1. The highest BCUT2D eigenvalue weighted by Gasteiger charge is 2.30. The van der Waals surface area contributed by atoms with Crippen molar-refractivity contribution in [1.82, 2.24) is 4.90 Å². The van der Waals surface area contributed by atoms with E-state index in [1.807, 2.05) is 7.05 Å². The van der Waals surface area contributed by atoms with Crippen LogP contribution in [-0.4, -0.2) is 50.3 Å². The van der Waals surface area contributed by atoms with Crippen LogP contribution in [0.15, 0.2) is 0 Å². The third-order valence-electron chi connectivity index (χ3n) is 2.69. The van der Waals surface area contributed by atoms with E-state index in [1.165, 1.54) is 0 Å². The molecule has 1 aliphatic heterocycles. The lowest BCUT2D eigenvalue weighted by molar-refractivity contribution is 0.235. The van der Waals surface area contributed by atoms with Gasteiger partial charge < -0.3 is 4.90 Å². The molecule has 84 valence electrons. The Morgan fingerprint density at radius 3 is 2.64 bits per heavy atom. The molecule has 5 heteroatoms. The van der Waals surface area contributed by atoms with Gasteiger partial charge in [0, 0.05) is 18.5 Å². The van der Waals surface area contributed by atoms with Crippen molar-refractivity contribution >= 4 is 21.4 Å². The average Bonchev–Trinajstić information content (AvgIpc) is 2.46. The van der Waals surface area contributed by atoms with Crippen molar-refractivity contribution in [2.24, 2.45) is 5.92 Å². The molecule has 2 atom stereocenters. The van der Waals surface area contributed by atoms with Crippen LogP contribution >= 0.6 is 11.6 Å². The van der Waals surface area contributed by atoms with E-state index in [0.717, 1.165) is 13.0 Å². The molecule has 0 bridgehead atoms. The zero-order valence-electron chi connectivity index (χ0n) is 8.74. The Morgan fingerprint density at radius 2 is 2.21 bits per heavy atom. The summed E-state index contributed by atoms with van der Waals surface area (Å²) < 4.78 is 22.5. The predicted molar refractivity (Wildman–Crippen MR) is 59.6 cm³/mol. The van der Waals surface area contributed by atoms with Crippen LogP contribution in [-0.2, 0) is 9.84 Å². The SMILES string of the molecule is CC(CCl)CN(C)C1CCS(=O)(=O)C1. The van der Waals surface area contributed by atoms with Gasteiger partial charge in [-0.2, -0.15) is 0 Å². The fraction of sp³-hybridized carbons (Fsp3) is 1.00. The zero-order valence-corrected chi connectivity index (χ0v) is 10.3. The summed E-state index contributed by atoms with van der Waals surface area (Å²) >= 11 is 5.71. The third-order valence-corrected chi connectivity index (χ3v) is 4.97. The number of rotatable bonds is 4. The topological polar surface area (TPSA) is 37.4 Å². The summed E-state index contributed by atoms with van der Waals surface area (Å²) in [5, 5.41) is 0. The predicted octanol–water partition coefficient (Wildman–Crippen LogP) is 0.980. The maximum atomic E-state index is 11.2. The average molecular weight is 240 g/mol. The molecule has 1 rings (SSSR count). The van der Waals surface area contributed by atoms with Crippen molar-refractivity contribution in [3.8, 4) is 0 Å². The molecule has 0 aromatic heterocycles. The Morgan fingerprint density at radius 1 is 1.57 bits per heavy atom. The quantitative estimate of drug-likeness (QED) is 0.687. The molecule has 1 aliphatic rings. The van der Waals surface area contributed by atoms with Gasteiger partial charge in [-0.15, -0.1) is 11.6 Å². The minimum atomic E-state index is -2.76. The molecule has 1 fully saturated rings. The van der Waals surface area contributed by atoms with Gasteiger partial charge in [0.05, 0.1) is 11.5 Å². The Kier molecular flexibility index (Phi) is 4.22. The molecule has 14 heavy (non-hydrogen) atoms. The maximum Gasteiger partial charge on any atom is 0.151 e. The number of sulfone groups is 1. The molecular weight excluding hydrogens is 222 g/mol. The Balaban J connectivity index is 2.43. The summed E-state index contributed by atoms with van der Waals surface area (Å²) in [6.07, 6.45) is 0.772. The molecule has 0 radical (unpaired) electrons. The lowest BCUT2D eigenvalue weighted by Gasteiger charge is -2.25. The minimum Gasteiger partial charge on any atom is -0.302 e. The van der Waals surface area contributed by atoms with Crippen LogP contribution in [0.25, 0.3) is 0 Å². The van der Waals surface area contributed by atoms with Crippen molar-refractivity contribution in [3.05, 3.63) is 0 Å². The molecule has 0 amide bonds. The molecule has 0 spiro atoms. The van der Waals surface area contributed by atoms with Crippen molar-refractivity contribution in [2.45, 2.75) is 19.4 Å². The van der Waals surface area contributed by atoms with Crippen LogP contribution in [0.1, 0.15) is 13.3 Å². The highest BCUT2D eigenvalue weighted by atomic mass is 35.5. The van der Waals surface area contributed by atoms with E-state index in [9.17, 15) is 8.42 Å². The van der Waals surface area contributed by atoms with E-state index in [0.29, 0.717) is 23.3 Å². The highest BCUT2D eigenvalue weighted by molar-refractivity contribution is 7.91. The first-order valence-corrected chi connectivity index (χ1v) is 7.27. The summed E-state index contributed by atoms with van der Waals surface area (Å²) in [5.41, 5.74) is 0.